The summed E-state index contributed by atoms with van der Waals surface area (Å²) in [6.07, 6.45) is 6.27. The highest BCUT2D eigenvalue weighted by molar-refractivity contribution is 5.24. The summed E-state index contributed by atoms with van der Waals surface area (Å²) < 4.78 is 5.28. The lowest BCUT2D eigenvalue weighted by molar-refractivity contribution is 0.0945. The molecule has 0 N–H and O–H groups in total. The molecule has 0 radical (unpaired) electrons. The van der Waals surface area contributed by atoms with Crippen molar-refractivity contribution in [2.75, 3.05) is 7.05 Å². The molecule has 110 valence electrons. The molecule has 0 spiro atoms. The summed E-state index contributed by atoms with van der Waals surface area (Å²) in [7, 11) is 2.28. The first-order chi connectivity index (χ1) is 10.3. The number of hydrogen-bond donors (Lipinski definition) is 0. The lowest BCUT2D eigenvalue weighted by atomic mass is 9.74. The van der Waals surface area contributed by atoms with Gasteiger partial charge in [0.1, 0.15) is 0 Å². The second-order valence-corrected chi connectivity index (χ2v) is 6.42. The third-order valence-corrected chi connectivity index (χ3v) is 5.48. The van der Waals surface area contributed by atoms with Crippen molar-refractivity contribution >= 4 is 0 Å². The largest absolute Gasteiger partial charge is 0.340 e. The van der Waals surface area contributed by atoms with E-state index in [2.05, 4.69) is 52.4 Å². The molecule has 1 aromatic carbocycles. The Kier molecular flexibility index (Phi) is 3.26. The summed E-state index contributed by atoms with van der Waals surface area (Å²) in [5.74, 6) is 1.95. The minimum atomic E-state index is 0.566. The van der Waals surface area contributed by atoms with Gasteiger partial charge in [0.15, 0.2) is 6.33 Å². The van der Waals surface area contributed by atoms with E-state index in [0.29, 0.717) is 17.9 Å². The Hall–Kier alpha value is -1.68. The first kappa shape index (κ1) is 13.0. The van der Waals surface area contributed by atoms with E-state index < -0.39 is 0 Å². The number of piperidine rings is 1. The minimum Gasteiger partial charge on any atom is -0.340 e. The van der Waals surface area contributed by atoms with Gasteiger partial charge in [0.05, 0.1) is 0 Å². The predicted molar refractivity (Wildman–Crippen MR) is 79.9 cm³/mol. The first-order valence-electron chi connectivity index (χ1n) is 7.85. The van der Waals surface area contributed by atoms with Gasteiger partial charge in [-0.1, -0.05) is 35.5 Å². The van der Waals surface area contributed by atoms with Gasteiger partial charge in [0.2, 0.25) is 5.89 Å². The quantitative estimate of drug-likeness (QED) is 0.868. The number of rotatable bonds is 3. The molecule has 0 amide bonds. The van der Waals surface area contributed by atoms with E-state index >= 15 is 0 Å². The van der Waals surface area contributed by atoms with Gasteiger partial charge in [-0.25, -0.2) is 0 Å². The summed E-state index contributed by atoms with van der Waals surface area (Å²) in [6.45, 7) is 0. The molecule has 2 bridgehead atoms. The van der Waals surface area contributed by atoms with Crippen LogP contribution in [0.1, 0.15) is 36.6 Å². The number of nitrogens with zero attached hydrogens (tertiary/aromatic N) is 3. The van der Waals surface area contributed by atoms with E-state index in [1.54, 1.807) is 0 Å². The van der Waals surface area contributed by atoms with Crippen molar-refractivity contribution in [1.29, 1.82) is 0 Å². The molecule has 2 fully saturated rings. The van der Waals surface area contributed by atoms with Crippen molar-refractivity contribution in [3.63, 3.8) is 0 Å². The lowest BCUT2D eigenvalue weighted by Gasteiger charge is -2.43. The normalized spacial score (nSPS) is 32.4. The zero-order valence-electron chi connectivity index (χ0n) is 12.4. The summed E-state index contributed by atoms with van der Waals surface area (Å²) in [6, 6.07) is 12.3. The molecule has 2 aliphatic rings. The maximum Gasteiger partial charge on any atom is 0.226 e. The van der Waals surface area contributed by atoms with Crippen molar-refractivity contribution in [2.45, 2.75) is 43.7 Å². The van der Waals surface area contributed by atoms with Crippen molar-refractivity contribution in [3.05, 3.63) is 48.1 Å². The Balaban J connectivity index is 1.66. The van der Waals surface area contributed by atoms with E-state index in [1.807, 2.05) is 0 Å². The van der Waals surface area contributed by atoms with E-state index in [1.165, 1.54) is 31.2 Å². The first-order valence-corrected chi connectivity index (χ1v) is 7.85. The SMILES string of the molecule is CN1[C@H]2CC[C@@H]1[C@@H](Cc1ncno1)[C@@H](c1ccccc1)C2. The summed E-state index contributed by atoms with van der Waals surface area (Å²) in [4.78, 5) is 6.83. The maximum absolute atomic E-state index is 5.28. The Morgan fingerprint density at radius 3 is 2.86 bits per heavy atom. The second kappa shape index (κ2) is 5.26. The van der Waals surface area contributed by atoms with Crippen molar-refractivity contribution < 1.29 is 4.52 Å². The number of hydrogen-bond acceptors (Lipinski definition) is 4. The van der Waals surface area contributed by atoms with Crippen LogP contribution in [-0.4, -0.2) is 34.2 Å². The molecule has 0 aliphatic carbocycles. The molecule has 21 heavy (non-hydrogen) atoms. The smallest absolute Gasteiger partial charge is 0.226 e. The van der Waals surface area contributed by atoms with Gasteiger partial charge in [-0.15, -0.1) is 0 Å². The fraction of sp³-hybridized carbons (Fsp3) is 0.529. The van der Waals surface area contributed by atoms with E-state index in [-0.39, 0.29) is 0 Å². The molecular weight excluding hydrogens is 262 g/mol. The van der Waals surface area contributed by atoms with Gasteiger partial charge in [-0.2, -0.15) is 4.98 Å². The average Bonchev–Trinajstić information content (AvgIpc) is 3.09. The molecular formula is C17H21N3O. The number of benzene rings is 1. The van der Waals surface area contributed by atoms with E-state index in [9.17, 15) is 0 Å². The number of fused-ring (bicyclic) bond motifs is 2. The van der Waals surface area contributed by atoms with Crippen molar-refractivity contribution in [3.8, 4) is 0 Å². The highest BCUT2D eigenvalue weighted by Crippen LogP contribution is 2.47. The van der Waals surface area contributed by atoms with Crippen LogP contribution >= 0.6 is 0 Å². The van der Waals surface area contributed by atoms with Crippen LogP contribution in [0.25, 0.3) is 0 Å². The molecule has 0 unspecified atom stereocenters. The molecule has 4 rings (SSSR count). The second-order valence-electron chi connectivity index (χ2n) is 6.42. The van der Waals surface area contributed by atoms with Crippen molar-refractivity contribution in [1.82, 2.24) is 15.0 Å². The van der Waals surface area contributed by atoms with Crippen LogP contribution in [0.4, 0.5) is 0 Å². The summed E-state index contributed by atoms with van der Waals surface area (Å²) >= 11 is 0. The van der Waals surface area contributed by atoms with Crippen LogP contribution in [0.15, 0.2) is 41.2 Å². The van der Waals surface area contributed by atoms with E-state index in [0.717, 1.165) is 18.4 Å². The van der Waals surface area contributed by atoms with Gasteiger partial charge in [0, 0.05) is 18.5 Å². The van der Waals surface area contributed by atoms with Gasteiger partial charge in [0.25, 0.3) is 0 Å². The lowest BCUT2D eigenvalue weighted by Crippen LogP contribution is -2.46. The van der Waals surface area contributed by atoms with Crippen LogP contribution in [0.3, 0.4) is 0 Å². The highest BCUT2D eigenvalue weighted by Gasteiger charge is 2.46. The van der Waals surface area contributed by atoms with Crippen LogP contribution < -0.4 is 0 Å². The molecule has 4 nitrogen and oxygen atoms in total. The molecule has 2 saturated heterocycles. The summed E-state index contributed by atoms with van der Waals surface area (Å²) in [5, 5.41) is 3.77. The zero-order valence-corrected chi connectivity index (χ0v) is 12.4. The Morgan fingerprint density at radius 1 is 1.24 bits per heavy atom. The molecule has 0 saturated carbocycles. The molecule has 4 heteroatoms. The zero-order chi connectivity index (χ0) is 14.2. The third kappa shape index (κ3) is 2.27. The monoisotopic (exact) mass is 283 g/mol. The molecule has 4 atom stereocenters. The standard InChI is InChI=1S/C17H21N3O/c1-20-13-7-8-16(20)15(10-17-18-11-19-21-17)14(9-13)12-5-3-2-4-6-12/h2-6,11,13-16H,7-10H2,1H3/t13-,14+,15-,16+/m0/s1. The van der Waals surface area contributed by atoms with Gasteiger partial charge in [-0.3, -0.25) is 0 Å². The fourth-order valence-electron chi connectivity index (χ4n) is 4.43. The molecule has 3 heterocycles. The van der Waals surface area contributed by atoms with Gasteiger partial charge >= 0.3 is 0 Å². The average molecular weight is 283 g/mol. The van der Waals surface area contributed by atoms with Crippen LogP contribution in [0.5, 0.6) is 0 Å². The number of aromatic nitrogens is 2. The van der Waals surface area contributed by atoms with Crippen molar-refractivity contribution in [2.24, 2.45) is 5.92 Å². The van der Waals surface area contributed by atoms with Crippen LogP contribution in [0.2, 0.25) is 0 Å². The molecule has 2 aliphatic heterocycles. The third-order valence-electron chi connectivity index (χ3n) is 5.48. The Morgan fingerprint density at radius 2 is 2.10 bits per heavy atom. The predicted octanol–water partition coefficient (Wildman–Crippen LogP) is 2.88. The molecule has 1 aromatic heterocycles. The summed E-state index contributed by atoms with van der Waals surface area (Å²) in [5.41, 5.74) is 1.46. The maximum atomic E-state index is 5.28. The van der Waals surface area contributed by atoms with Crippen LogP contribution in [-0.2, 0) is 6.42 Å². The Bertz CT molecular complexity index is 583. The minimum absolute atomic E-state index is 0.566. The van der Waals surface area contributed by atoms with Gasteiger partial charge < -0.3 is 9.42 Å². The fourth-order valence-corrected chi connectivity index (χ4v) is 4.43. The van der Waals surface area contributed by atoms with Gasteiger partial charge in [-0.05, 0) is 43.7 Å². The topological polar surface area (TPSA) is 42.2 Å². The van der Waals surface area contributed by atoms with E-state index in [4.69, 9.17) is 4.52 Å². The Labute approximate surface area is 125 Å². The highest BCUT2D eigenvalue weighted by atomic mass is 16.5. The van der Waals surface area contributed by atoms with Crippen LogP contribution in [0, 0.1) is 5.92 Å². The molecule has 2 aromatic rings.